The quantitative estimate of drug-likeness (QED) is 0.267. The number of ether oxygens (including phenoxy) is 1. The van der Waals surface area contributed by atoms with E-state index in [-0.39, 0.29) is 53.6 Å². The molecule has 2 bridgehead atoms. The van der Waals surface area contributed by atoms with Gasteiger partial charge >= 0.3 is 5.97 Å². The van der Waals surface area contributed by atoms with Crippen LogP contribution in [0.5, 0.6) is 5.75 Å². The summed E-state index contributed by atoms with van der Waals surface area (Å²) >= 11 is 0. The summed E-state index contributed by atoms with van der Waals surface area (Å²) < 4.78 is 5.26. The van der Waals surface area contributed by atoms with Gasteiger partial charge in [-0.3, -0.25) is 19.3 Å². The van der Waals surface area contributed by atoms with Crippen LogP contribution in [-0.2, 0) is 14.4 Å². The van der Waals surface area contributed by atoms with Gasteiger partial charge in [-0.1, -0.05) is 24.3 Å². The van der Waals surface area contributed by atoms with Crippen LogP contribution in [0, 0.1) is 35.5 Å². The first-order valence-corrected chi connectivity index (χ1v) is 9.31. The molecule has 6 nitrogen and oxygen atoms in total. The first kappa shape index (κ1) is 16.4. The van der Waals surface area contributed by atoms with Crippen molar-refractivity contribution in [2.75, 3.05) is 6.54 Å². The van der Waals surface area contributed by atoms with Gasteiger partial charge in [-0.2, -0.15) is 0 Å². The van der Waals surface area contributed by atoms with Gasteiger partial charge in [0.25, 0.3) is 0 Å². The number of rotatable bonds is 4. The number of allylic oxidation sites excluding steroid dienone is 2. The third-order valence-electron chi connectivity index (χ3n) is 6.51. The largest absolute Gasteiger partial charge is 0.425 e. The van der Waals surface area contributed by atoms with Gasteiger partial charge in [0.15, 0.2) is 5.78 Å². The van der Waals surface area contributed by atoms with Gasteiger partial charge in [0.2, 0.25) is 11.8 Å². The summed E-state index contributed by atoms with van der Waals surface area (Å²) in [5.41, 5.74) is 0.432. The lowest BCUT2D eigenvalue weighted by Crippen LogP contribution is -2.40. The minimum absolute atomic E-state index is 0.134. The number of likely N-dealkylation sites (tertiary alicyclic amines) is 1. The maximum Gasteiger partial charge on any atom is 0.331 e. The Morgan fingerprint density at radius 3 is 2.30 bits per heavy atom. The normalized spacial score (nSPS) is 35.1. The molecule has 2 amide bonds. The molecule has 2 saturated carbocycles. The second-order valence-corrected chi connectivity index (χ2v) is 7.98. The van der Waals surface area contributed by atoms with E-state index in [1.54, 1.807) is 18.2 Å². The van der Waals surface area contributed by atoms with Crippen LogP contribution < -0.4 is 4.74 Å². The van der Waals surface area contributed by atoms with Crippen LogP contribution in [0.25, 0.3) is 0 Å². The van der Waals surface area contributed by atoms with Crippen molar-refractivity contribution in [3.05, 3.63) is 42.0 Å². The molecule has 6 atom stereocenters. The number of Topliss-reactive ketones (excluding diaryl/α,β-unsaturated/α-hetero) is 1. The number of hydrogen-bond donors (Lipinski definition) is 0. The van der Waals surface area contributed by atoms with Crippen LogP contribution in [0.2, 0.25) is 0 Å². The highest BCUT2D eigenvalue weighted by Gasteiger charge is 2.67. The van der Waals surface area contributed by atoms with Crippen molar-refractivity contribution in [3.63, 3.8) is 0 Å². The van der Waals surface area contributed by atoms with E-state index in [0.717, 1.165) is 11.3 Å². The Kier molecular flexibility index (Phi) is 3.41. The third-order valence-corrected chi connectivity index (χ3v) is 6.51. The van der Waals surface area contributed by atoms with Gasteiger partial charge < -0.3 is 4.74 Å². The zero-order chi connectivity index (χ0) is 18.9. The van der Waals surface area contributed by atoms with Crippen molar-refractivity contribution < 1.29 is 23.9 Å². The molecule has 0 radical (unpaired) electrons. The number of imide groups is 1. The van der Waals surface area contributed by atoms with Crippen molar-refractivity contribution in [2.24, 2.45) is 35.5 Å². The Morgan fingerprint density at radius 1 is 1.07 bits per heavy atom. The van der Waals surface area contributed by atoms with Crippen LogP contribution in [0.3, 0.4) is 0 Å². The molecule has 0 aromatic heterocycles. The fourth-order valence-electron chi connectivity index (χ4n) is 5.25. The lowest BCUT2D eigenvalue weighted by molar-refractivity contribution is -0.148. The molecule has 0 unspecified atom stereocenters. The standard InChI is InChI=1S/C21H19NO5/c1-10(23)11-3-2-4-12(7-11)27-17(24)9-22-20(25)18-13-5-6-14(16-8-15(13)16)19(18)21(22)26/h2-7,13-16,18-19H,8-9H2,1H3/t13-,14-,15-,16-,18+,19+/m0/s1. The highest BCUT2D eigenvalue weighted by molar-refractivity contribution is 6.08. The molecule has 4 aliphatic carbocycles. The average molecular weight is 365 g/mol. The van der Waals surface area contributed by atoms with E-state index in [4.69, 9.17) is 4.74 Å². The van der Waals surface area contributed by atoms with Gasteiger partial charge in [0, 0.05) is 5.56 Å². The first-order valence-electron chi connectivity index (χ1n) is 9.31. The molecule has 3 fully saturated rings. The average Bonchev–Trinajstić information content (AvgIpc) is 3.43. The van der Waals surface area contributed by atoms with Crippen molar-refractivity contribution in [1.82, 2.24) is 4.90 Å². The number of carbonyl (C=O) groups excluding carboxylic acids is 4. The zero-order valence-corrected chi connectivity index (χ0v) is 14.8. The maximum absolute atomic E-state index is 12.9. The molecule has 6 rings (SSSR count). The van der Waals surface area contributed by atoms with E-state index >= 15 is 0 Å². The fraction of sp³-hybridized carbons (Fsp3) is 0.429. The van der Waals surface area contributed by atoms with Gasteiger partial charge in [0.1, 0.15) is 12.3 Å². The molecule has 1 aromatic carbocycles. The Balaban J connectivity index is 1.31. The van der Waals surface area contributed by atoms with Crippen molar-refractivity contribution in [1.29, 1.82) is 0 Å². The zero-order valence-electron chi connectivity index (χ0n) is 14.8. The van der Waals surface area contributed by atoms with Gasteiger partial charge in [0.05, 0.1) is 11.8 Å². The summed E-state index contributed by atoms with van der Waals surface area (Å²) in [6, 6.07) is 6.29. The SMILES string of the molecule is CC(=O)c1cccc(OC(=O)CN2C(=O)[C@@H]3[C@H]4C=C[C@@H]([C@@H]5C[C@@H]45)[C@H]3C2=O)c1. The second kappa shape index (κ2) is 5.62. The predicted octanol–water partition coefficient (Wildman–Crippen LogP) is 1.85. The predicted molar refractivity (Wildman–Crippen MR) is 93.5 cm³/mol. The lowest BCUT2D eigenvalue weighted by atomic mass is 9.63. The van der Waals surface area contributed by atoms with Gasteiger partial charge in [-0.25, -0.2) is 4.79 Å². The van der Waals surface area contributed by atoms with Crippen LogP contribution in [0.4, 0.5) is 0 Å². The number of amides is 2. The molecule has 1 heterocycles. The second-order valence-electron chi connectivity index (χ2n) is 7.98. The van der Waals surface area contributed by atoms with E-state index in [1.807, 2.05) is 0 Å². The molecule has 1 saturated heterocycles. The topological polar surface area (TPSA) is 80.8 Å². The van der Waals surface area contributed by atoms with Crippen LogP contribution >= 0.6 is 0 Å². The number of benzene rings is 1. The van der Waals surface area contributed by atoms with Crippen LogP contribution in [0.1, 0.15) is 23.7 Å². The lowest BCUT2D eigenvalue weighted by Gasteiger charge is -2.37. The molecule has 138 valence electrons. The van der Waals surface area contributed by atoms with E-state index < -0.39 is 5.97 Å². The minimum atomic E-state index is -0.679. The Morgan fingerprint density at radius 2 is 1.70 bits per heavy atom. The van der Waals surface area contributed by atoms with Crippen molar-refractivity contribution >= 4 is 23.6 Å². The summed E-state index contributed by atoms with van der Waals surface area (Å²) in [6.45, 7) is 1.04. The molecule has 1 aliphatic heterocycles. The molecule has 27 heavy (non-hydrogen) atoms. The Labute approximate surface area is 156 Å². The molecule has 6 heteroatoms. The minimum Gasteiger partial charge on any atom is -0.425 e. The third kappa shape index (κ3) is 2.39. The maximum atomic E-state index is 12.9. The Bertz CT molecular complexity index is 883. The van der Waals surface area contributed by atoms with E-state index in [2.05, 4.69) is 12.2 Å². The van der Waals surface area contributed by atoms with E-state index in [0.29, 0.717) is 17.4 Å². The van der Waals surface area contributed by atoms with E-state index in [1.165, 1.54) is 13.0 Å². The van der Waals surface area contributed by atoms with Gasteiger partial charge in [-0.05, 0) is 49.1 Å². The first-order chi connectivity index (χ1) is 13.0. The number of nitrogens with zero attached hydrogens (tertiary/aromatic N) is 1. The monoisotopic (exact) mass is 365 g/mol. The summed E-state index contributed by atoms with van der Waals surface area (Å²) in [5, 5.41) is 0. The number of esters is 1. The molecule has 5 aliphatic rings. The number of hydrogen-bond acceptors (Lipinski definition) is 5. The fourth-order valence-corrected chi connectivity index (χ4v) is 5.25. The highest BCUT2D eigenvalue weighted by atomic mass is 16.5. The van der Waals surface area contributed by atoms with Crippen molar-refractivity contribution in [2.45, 2.75) is 13.3 Å². The molecule has 0 spiro atoms. The Hall–Kier alpha value is -2.76. The molecule has 1 aromatic rings. The van der Waals surface area contributed by atoms with Crippen LogP contribution in [0.15, 0.2) is 36.4 Å². The summed E-state index contributed by atoms with van der Waals surface area (Å²) in [4.78, 5) is 50.6. The summed E-state index contributed by atoms with van der Waals surface area (Å²) in [7, 11) is 0. The molecular weight excluding hydrogens is 346 g/mol. The molecule has 0 N–H and O–H groups in total. The summed E-state index contributed by atoms with van der Waals surface area (Å²) in [6.07, 6.45) is 5.30. The van der Waals surface area contributed by atoms with Crippen molar-refractivity contribution in [3.8, 4) is 5.75 Å². The molecular formula is C21H19NO5. The summed E-state index contributed by atoms with van der Waals surface area (Å²) in [5.74, 6) is -0.386. The van der Waals surface area contributed by atoms with Crippen LogP contribution in [-0.4, -0.2) is 35.0 Å². The van der Waals surface area contributed by atoms with Gasteiger partial charge in [-0.15, -0.1) is 0 Å². The smallest absolute Gasteiger partial charge is 0.331 e. The van der Waals surface area contributed by atoms with E-state index in [9.17, 15) is 19.2 Å². The number of ketones is 1. The number of carbonyl (C=O) groups is 4. The highest BCUT2D eigenvalue weighted by Crippen LogP contribution is 2.65.